The number of benzene rings is 1. The number of carbonyl (C=O) groups excluding carboxylic acids is 1. The minimum absolute atomic E-state index is 0.0476. The van der Waals surface area contributed by atoms with Gasteiger partial charge in [0.2, 0.25) is 0 Å². The van der Waals surface area contributed by atoms with Gasteiger partial charge in [0.25, 0.3) is 0 Å². The van der Waals surface area contributed by atoms with Gasteiger partial charge in [-0.05, 0) is 32.1 Å². The Hall–Kier alpha value is -1.66. The highest BCUT2D eigenvalue weighted by atomic mass is 19.1. The van der Waals surface area contributed by atoms with E-state index in [1.165, 1.54) is 6.07 Å². The fourth-order valence-corrected chi connectivity index (χ4v) is 2.63. The molecule has 0 spiro atoms. The molecule has 1 saturated heterocycles. The topological polar surface area (TPSA) is 38.8 Å². The highest BCUT2D eigenvalue weighted by Crippen LogP contribution is 2.06. The zero-order valence-corrected chi connectivity index (χ0v) is 14.1. The molecule has 5 nitrogen and oxygen atoms in total. The zero-order valence-electron chi connectivity index (χ0n) is 14.1. The van der Waals surface area contributed by atoms with Gasteiger partial charge in [0.1, 0.15) is 5.82 Å². The van der Waals surface area contributed by atoms with E-state index < -0.39 is 0 Å². The third-order valence-electron chi connectivity index (χ3n) is 4.15. The van der Waals surface area contributed by atoms with Crippen molar-refractivity contribution >= 4 is 6.03 Å². The van der Waals surface area contributed by atoms with Crippen LogP contribution in [-0.2, 0) is 6.42 Å². The lowest BCUT2D eigenvalue weighted by Crippen LogP contribution is -2.52. The minimum atomic E-state index is -0.212. The predicted molar refractivity (Wildman–Crippen MR) is 90.1 cm³/mol. The van der Waals surface area contributed by atoms with Crippen molar-refractivity contribution in [1.82, 2.24) is 20.0 Å². The Labute approximate surface area is 138 Å². The van der Waals surface area contributed by atoms with Gasteiger partial charge >= 0.3 is 6.03 Å². The van der Waals surface area contributed by atoms with E-state index >= 15 is 0 Å². The second kappa shape index (κ2) is 8.84. The van der Waals surface area contributed by atoms with E-state index in [1.54, 1.807) is 12.1 Å². The van der Waals surface area contributed by atoms with Crippen molar-refractivity contribution in [2.75, 3.05) is 59.9 Å². The lowest BCUT2D eigenvalue weighted by Gasteiger charge is -2.35. The second-order valence-corrected chi connectivity index (χ2v) is 6.21. The number of nitrogens with zero attached hydrogens (tertiary/aromatic N) is 3. The summed E-state index contributed by atoms with van der Waals surface area (Å²) in [5, 5.41) is 2.89. The minimum Gasteiger partial charge on any atom is -0.338 e. The third-order valence-corrected chi connectivity index (χ3v) is 4.15. The maximum Gasteiger partial charge on any atom is 0.317 e. The molecular weight excluding hydrogens is 295 g/mol. The van der Waals surface area contributed by atoms with Crippen LogP contribution >= 0.6 is 0 Å². The SMILES string of the molecule is CN(C)CCN1CCN(C(=O)NCCc2ccccc2F)CC1. The molecule has 6 heteroatoms. The maximum absolute atomic E-state index is 13.5. The number of urea groups is 1. The van der Waals surface area contributed by atoms with E-state index in [-0.39, 0.29) is 11.8 Å². The highest BCUT2D eigenvalue weighted by molar-refractivity contribution is 5.74. The number of likely N-dealkylation sites (N-methyl/N-ethyl adjacent to an activating group) is 1. The van der Waals surface area contributed by atoms with Gasteiger partial charge in [-0.25, -0.2) is 9.18 Å². The summed E-state index contributed by atoms with van der Waals surface area (Å²) in [6, 6.07) is 6.64. The van der Waals surface area contributed by atoms with Gasteiger partial charge in [-0.2, -0.15) is 0 Å². The van der Waals surface area contributed by atoms with Gasteiger partial charge in [0.15, 0.2) is 0 Å². The molecule has 128 valence electrons. The van der Waals surface area contributed by atoms with Gasteiger partial charge in [-0.15, -0.1) is 0 Å². The Morgan fingerprint density at radius 3 is 2.57 bits per heavy atom. The lowest BCUT2D eigenvalue weighted by atomic mass is 10.1. The molecule has 1 fully saturated rings. The average Bonchev–Trinajstić information content (AvgIpc) is 2.55. The quantitative estimate of drug-likeness (QED) is 0.857. The van der Waals surface area contributed by atoms with Crippen LogP contribution in [0.1, 0.15) is 5.56 Å². The van der Waals surface area contributed by atoms with Crippen molar-refractivity contribution in [3.63, 3.8) is 0 Å². The molecule has 1 aromatic carbocycles. The summed E-state index contributed by atoms with van der Waals surface area (Å²) in [6.45, 7) is 5.85. The van der Waals surface area contributed by atoms with Crippen LogP contribution in [0.4, 0.5) is 9.18 Å². The molecule has 0 radical (unpaired) electrons. The largest absolute Gasteiger partial charge is 0.338 e. The van der Waals surface area contributed by atoms with Crippen LogP contribution in [0.2, 0.25) is 0 Å². The average molecular weight is 322 g/mol. The fraction of sp³-hybridized carbons (Fsp3) is 0.588. The Morgan fingerprint density at radius 2 is 1.91 bits per heavy atom. The Bertz CT molecular complexity index is 501. The van der Waals surface area contributed by atoms with Crippen molar-refractivity contribution in [2.24, 2.45) is 0 Å². The first kappa shape index (κ1) is 17.7. The third kappa shape index (κ3) is 5.80. The van der Waals surface area contributed by atoms with E-state index in [1.807, 2.05) is 11.0 Å². The molecule has 1 heterocycles. The number of piperazine rings is 1. The van der Waals surface area contributed by atoms with E-state index in [9.17, 15) is 9.18 Å². The fourth-order valence-electron chi connectivity index (χ4n) is 2.63. The number of carbonyl (C=O) groups is 1. The number of hydrogen-bond donors (Lipinski definition) is 1. The van der Waals surface area contributed by atoms with E-state index in [0.717, 1.165) is 39.3 Å². The summed E-state index contributed by atoms with van der Waals surface area (Å²) in [5.74, 6) is -0.212. The van der Waals surface area contributed by atoms with Crippen LogP contribution in [0.3, 0.4) is 0 Å². The molecule has 1 aliphatic heterocycles. The molecule has 1 aromatic rings. The van der Waals surface area contributed by atoms with Gasteiger partial charge in [-0.1, -0.05) is 18.2 Å². The number of rotatable bonds is 6. The number of halogens is 1. The van der Waals surface area contributed by atoms with E-state index in [2.05, 4.69) is 29.2 Å². The summed E-state index contributed by atoms with van der Waals surface area (Å²) in [6.07, 6.45) is 0.515. The highest BCUT2D eigenvalue weighted by Gasteiger charge is 2.20. The summed E-state index contributed by atoms with van der Waals surface area (Å²) < 4.78 is 13.5. The number of hydrogen-bond acceptors (Lipinski definition) is 3. The molecule has 1 aliphatic rings. The van der Waals surface area contributed by atoms with Crippen LogP contribution in [0, 0.1) is 5.82 Å². The number of nitrogens with one attached hydrogen (secondary N) is 1. The van der Waals surface area contributed by atoms with Crippen LogP contribution in [0.5, 0.6) is 0 Å². The molecule has 2 amide bonds. The normalized spacial score (nSPS) is 15.9. The summed E-state index contributed by atoms with van der Waals surface area (Å²) in [4.78, 5) is 18.5. The van der Waals surface area contributed by atoms with Gasteiger partial charge in [-0.3, -0.25) is 4.90 Å². The van der Waals surface area contributed by atoms with Gasteiger partial charge in [0, 0.05) is 45.8 Å². The predicted octanol–water partition coefficient (Wildman–Crippen LogP) is 1.26. The molecular formula is C17H27FN4O. The molecule has 0 atom stereocenters. The molecule has 0 aliphatic carbocycles. The van der Waals surface area contributed by atoms with Crippen molar-refractivity contribution < 1.29 is 9.18 Å². The van der Waals surface area contributed by atoms with Crippen LogP contribution in [0.15, 0.2) is 24.3 Å². The summed E-state index contributed by atoms with van der Waals surface area (Å²) >= 11 is 0. The standard InChI is InChI=1S/C17H27FN4O/c1-20(2)9-10-21-11-13-22(14-12-21)17(23)19-8-7-15-5-3-4-6-16(15)18/h3-6H,7-14H2,1-2H3,(H,19,23). The van der Waals surface area contributed by atoms with Crippen molar-refractivity contribution in [3.05, 3.63) is 35.6 Å². The summed E-state index contributed by atoms with van der Waals surface area (Å²) in [7, 11) is 4.14. The molecule has 0 aromatic heterocycles. The van der Waals surface area contributed by atoms with Gasteiger partial charge in [0.05, 0.1) is 0 Å². The second-order valence-electron chi connectivity index (χ2n) is 6.21. The first-order valence-electron chi connectivity index (χ1n) is 8.19. The van der Waals surface area contributed by atoms with Crippen molar-refractivity contribution in [1.29, 1.82) is 0 Å². The maximum atomic E-state index is 13.5. The molecule has 0 unspecified atom stereocenters. The van der Waals surface area contributed by atoms with E-state index in [0.29, 0.717) is 18.5 Å². The molecule has 2 rings (SSSR count). The molecule has 0 bridgehead atoms. The zero-order chi connectivity index (χ0) is 16.7. The number of amides is 2. The van der Waals surface area contributed by atoms with Crippen LogP contribution in [0.25, 0.3) is 0 Å². The monoisotopic (exact) mass is 322 g/mol. The van der Waals surface area contributed by atoms with Crippen LogP contribution in [-0.4, -0.2) is 80.6 Å². The molecule has 0 saturated carbocycles. The van der Waals surface area contributed by atoms with Gasteiger partial charge < -0.3 is 15.1 Å². The smallest absolute Gasteiger partial charge is 0.317 e. The molecule has 1 N–H and O–H groups in total. The Balaban J connectivity index is 1.66. The Morgan fingerprint density at radius 1 is 1.22 bits per heavy atom. The summed E-state index contributed by atoms with van der Waals surface area (Å²) in [5.41, 5.74) is 0.640. The first-order valence-corrected chi connectivity index (χ1v) is 8.19. The lowest BCUT2D eigenvalue weighted by molar-refractivity contribution is 0.133. The van der Waals surface area contributed by atoms with Crippen molar-refractivity contribution in [3.8, 4) is 0 Å². The molecule has 23 heavy (non-hydrogen) atoms. The van der Waals surface area contributed by atoms with Crippen LogP contribution < -0.4 is 5.32 Å². The van der Waals surface area contributed by atoms with E-state index in [4.69, 9.17) is 0 Å². The first-order chi connectivity index (χ1) is 11.1. The Kier molecular flexibility index (Phi) is 6.80. The van der Waals surface area contributed by atoms with Crippen molar-refractivity contribution in [2.45, 2.75) is 6.42 Å².